The molecule has 2 aliphatic heterocycles. The number of rotatable bonds is 21. The first-order valence-electron chi connectivity index (χ1n) is 18.9. The molecule has 1 N–H and O–H groups in total. The molecule has 302 valence electrons. The molecule has 0 radical (unpaired) electrons. The monoisotopic (exact) mass is 771 g/mol. The smallest absolute Gasteiger partial charge is 0.338 e. The first kappa shape index (κ1) is 43.6. The highest BCUT2D eigenvalue weighted by Crippen LogP contribution is 2.35. The van der Waals surface area contributed by atoms with Crippen molar-refractivity contribution in [1.29, 1.82) is 0 Å². The van der Waals surface area contributed by atoms with Crippen molar-refractivity contribution in [2.24, 2.45) is 5.11 Å². The molecule has 10 atom stereocenters. The zero-order valence-electron chi connectivity index (χ0n) is 31.8. The van der Waals surface area contributed by atoms with Gasteiger partial charge < -0.3 is 47.7 Å². The van der Waals surface area contributed by atoms with E-state index < -0.39 is 79.3 Å². The molecule has 0 saturated carbocycles. The Morgan fingerprint density at radius 3 is 1.84 bits per heavy atom. The third-order valence-electron chi connectivity index (χ3n) is 9.10. The number of carbonyl (C=O) groups excluding carboxylic acids is 3. The normalized spacial score (nSPS) is 27.7. The summed E-state index contributed by atoms with van der Waals surface area (Å²) in [6, 6.07) is 15.3. The fraction of sp³-hybridized carbons (Fsp3) is 0.615. The van der Waals surface area contributed by atoms with E-state index >= 15 is 0 Å². The van der Waals surface area contributed by atoms with Crippen molar-refractivity contribution in [1.82, 2.24) is 0 Å². The van der Waals surface area contributed by atoms with E-state index in [4.69, 9.17) is 42.6 Å². The number of esters is 3. The van der Waals surface area contributed by atoms with E-state index in [1.807, 2.05) is 20.8 Å². The lowest BCUT2D eigenvalue weighted by Crippen LogP contribution is -2.66. The number of aliphatic hydroxyl groups is 1. The number of azide groups is 1. The molecule has 55 heavy (non-hydrogen) atoms. The third kappa shape index (κ3) is 12.2. The summed E-state index contributed by atoms with van der Waals surface area (Å²) in [5, 5.41) is 15.2. The number of methoxy groups -OCH3 is 1. The maximum atomic E-state index is 13.3. The standard InChI is InChI=1S/C39H53N3O13/c1-5-8-21-48-29-27(24-51-35(43)25-17-13-11-14-18-25)52-39(28(41-42-40)30(29)49-22-9-6-2)55-32-31(50-23-10-7-3)33(38(46)54-34(32)37(45)47-4)53-36(44)26-19-15-12-16-20-26/h11-20,27-34,38-39,46H,5-10,21-24H2,1-4H3/t27?,28?,29-,30-,31?,32+,33?,34?,38?,39-/m1/s1. The van der Waals surface area contributed by atoms with Gasteiger partial charge in [0, 0.05) is 24.7 Å². The molecule has 2 aliphatic rings. The number of ether oxygens (including phenoxy) is 9. The Morgan fingerprint density at radius 2 is 1.29 bits per heavy atom. The Hall–Kier alpha value is -4.12. The summed E-state index contributed by atoms with van der Waals surface area (Å²) in [5.74, 6) is -2.32. The summed E-state index contributed by atoms with van der Waals surface area (Å²) in [5.41, 5.74) is 10.3. The minimum atomic E-state index is -1.84. The maximum Gasteiger partial charge on any atom is 0.338 e. The molecule has 0 bridgehead atoms. The summed E-state index contributed by atoms with van der Waals surface area (Å²) in [7, 11) is 1.14. The van der Waals surface area contributed by atoms with E-state index in [-0.39, 0.29) is 25.4 Å². The van der Waals surface area contributed by atoms with Crippen LogP contribution in [0.2, 0.25) is 0 Å². The van der Waals surface area contributed by atoms with Crippen LogP contribution in [0.4, 0.5) is 0 Å². The second kappa shape index (κ2) is 23.1. The van der Waals surface area contributed by atoms with Crippen LogP contribution in [0.15, 0.2) is 65.8 Å². The van der Waals surface area contributed by atoms with Crippen LogP contribution >= 0.6 is 0 Å². The van der Waals surface area contributed by atoms with Gasteiger partial charge in [-0.2, -0.15) is 0 Å². The molecule has 16 heteroatoms. The molecule has 2 heterocycles. The number of hydrogen-bond donors (Lipinski definition) is 1. The third-order valence-corrected chi connectivity index (χ3v) is 9.10. The van der Waals surface area contributed by atoms with E-state index in [1.54, 1.807) is 60.7 Å². The van der Waals surface area contributed by atoms with Crippen molar-refractivity contribution in [2.45, 2.75) is 121 Å². The van der Waals surface area contributed by atoms with Crippen LogP contribution in [0.1, 0.15) is 80.0 Å². The molecular formula is C39H53N3O13. The predicted octanol–water partition coefficient (Wildman–Crippen LogP) is 5.30. The minimum absolute atomic E-state index is 0.125. The summed E-state index contributed by atoms with van der Waals surface area (Å²) < 4.78 is 54.2. The molecule has 0 amide bonds. The first-order valence-corrected chi connectivity index (χ1v) is 18.9. The zero-order valence-corrected chi connectivity index (χ0v) is 31.8. The largest absolute Gasteiger partial charge is 0.467 e. The van der Waals surface area contributed by atoms with Crippen LogP contribution in [0.3, 0.4) is 0 Å². The molecule has 0 spiro atoms. The van der Waals surface area contributed by atoms with Gasteiger partial charge in [-0.05, 0) is 49.1 Å². The topological polar surface area (TPSA) is 203 Å². The highest BCUT2D eigenvalue weighted by Gasteiger charge is 2.56. The van der Waals surface area contributed by atoms with Crippen LogP contribution < -0.4 is 0 Å². The van der Waals surface area contributed by atoms with Gasteiger partial charge in [0.1, 0.15) is 37.1 Å². The number of aliphatic hydroxyl groups excluding tert-OH is 1. The summed E-state index contributed by atoms with van der Waals surface area (Å²) in [6.07, 6.45) is -7.84. The van der Waals surface area contributed by atoms with Crippen LogP contribution in [-0.4, -0.2) is 118 Å². The van der Waals surface area contributed by atoms with Crippen molar-refractivity contribution in [3.63, 3.8) is 0 Å². The Bertz CT molecular complexity index is 1510. The Balaban J connectivity index is 1.75. The van der Waals surface area contributed by atoms with Crippen LogP contribution in [0.25, 0.3) is 10.4 Å². The molecule has 0 aromatic heterocycles. The lowest BCUT2D eigenvalue weighted by Gasteiger charge is -2.48. The Morgan fingerprint density at radius 1 is 0.745 bits per heavy atom. The molecule has 0 aliphatic carbocycles. The van der Waals surface area contributed by atoms with Crippen LogP contribution in [0.5, 0.6) is 0 Å². The van der Waals surface area contributed by atoms with Gasteiger partial charge in [0.2, 0.25) is 0 Å². The van der Waals surface area contributed by atoms with E-state index in [2.05, 4.69) is 10.0 Å². The van der Waals surface area contributed by atoms with Crippen molar-refractivity contribution < 1.29 is 62.1 Å². The van der Waals surface area contributed by atoms with Gasteiger partial charge >= 0.3 is 17.9 Å². The van der Waals surface area contributed by atoms with Gasteiger partial charge in [0.15, 0.2) is 24.8 Å². The highest BCUT2D eigenvalue weighted by atomic mass is 16.7. The van der Waals surface area contributed by atoms with E-state index in [0.29, 0.717) is 31.4 Å². The van der Waals surface area contributed by atoms with Gasteiger partial charge in [0.05, 0.1) is 24.3 Å². The number of unbranched alkanes of at least 4 members (excludes halogenated alkanes) is 3. The molecular weight excluding hydrogens is 718 g/mol. The molecule has 4 rings (SSSR count). The molecule has 6 unspecified atom stereocenters. The van der Waals surface area contributed by atoms with Gasteiger partial charge in [0.25, 0.3) is 0 Å². The second-order valence-corrected chi connectivity index (χ2v) is 13.1. The van der Waals surface area contributed by atoms with E-state index in [0.717, 1.165) is 26.4 Å². The van der Waals surface area contributed by atoms with E-state index in [1.165, 1.54) is 0 Å². The van der Waals surface area contributed by atoms with Crippen molar-refractivity contribution in [3.05, 3.63) is 82.2 Å². The van der Waals surface area contributed by atoms with Gasteiger partial charge in [-0.1, -0.05) is 81.5 Å². The second-order valence-electron chi connectivity index (χ2n) is 13.1. The fourth-order valence-corrected chi connectivity index (χ4v) is 6.14. The molecule has 2 aromatic carbocycles. The van der Waals surface area contributed by atoms with Crippen LogP contribution in [-0.2, 0) is 47.4 Å². The summed E-state index contributed by atoms with van der Waals surface area (Å²) in [6.45, 7) is 6.33. The molecule has 2 saturated heterocycles. The zero-order chi connectivity index (χ0) is 39.6. The predicted molar refractivity (Wildman–Crippen MR) is 196 cm³/mol. The first-order chi connectivity index (χ1) is 26.8. The van der Waals surface area contributed by atoms with E-state index in [9.17, 15) is 25.0 Å². The van der Waals surface area contributed by atoms with Gasteiger partial charge in [-0.25, -0.2) is 14.4 Å². The molecule has 2 fully saturated rings. The Labute approximate surface area is 321 Å². The van der Waals surface area contributed by atoms with Crippen LogP contribution in [0, 0.1) is 0 Å². The fourth-order valence-electron chi connectivity index (χ4n) is 6.14. The van der Waals surface area contributed by atoms with Gasteiger partial charge in [-0.15, -0.1) is 0 Å². The van der Waals surface area contributed by atoms with Crippen molar-refractivity contribution in [2.75, 3.05) is 33.5 Å². The Kier molecular flexibility index (Phi) is 18.3. The molecule has 16 nitrogen and oxygen atoms in total. The number of hydrogen-bond acceptors (Lipinski definition) is 14. The SMILES string of the molecule is CCCCOC1C(OC(=O)c2ccccc2)C(O)OC(C(=O)OC)[C@H]1O[C@H]1OC(COC(=O)c2ccccc2)[C@@H](OCCCC)[C@H](OCCCC)C1N=[N+]=[N-]. The number of nitrogens with zero attached hydrogens (tertiary/aromatic N) is 3. The average molecular weight is 772 g/mol. The van der Waals surface area contributed by atoms with Crippen molar-refractivity contribution >= 4 is 17.9 Å². The minimum Gasteiger partial charge on any atom is -0.467 e. The van der Waals surface area contributed by atoms with Gasteiger partial charge in [-0.3, -0.25) is 0 Å². The number of benzene rings is 2. The lowest BCUT2D eigenvalue weighted by atomic mass is 9.95. The quantitative estimate of drug-likeness (QED) is 0.0428. The number of carbonyl (C=O) groups is 3. The summed E-state index contributed by atoms with van der Waals surface area (Å²) >= 11 is 0. The highest BCUT2D eigenvalue weighted by molar-refractivity contribution is 5.89. The average Bonchev–Trinajstić information content (AvgIpc) is 3.21. The maximum absolute atomic E-state index is 13.3. The summed E-state index contributed by atoms with van der Waals surface area (Å²) in [4.78, 5) is 42.8. The molecule has 2 aromatic rings. The van der Waals surface area contributed by atoms with Crippen molar-refractivity contribution in [3.8, 4) is 0 Å². The lowest BCUT2D eigenvalue weighted by molar-refractivity contribution is -0.341.